The van der Waals surface area contributed by atoms with Gasteiger partial charge < -0.3 is 9.32 Å². The van der Waals surface area contributed by atoms with Gasteiger partial charge in [0.1, 0.15) is 23.6 Å². The molecule has 0 N–H and O–H groups in total. The van der Waals surface area contributed by atoms with Crippen molar-refractivity contribution in [1.82, 2.24) is 24.6 Å². The Balaban J connectivity index is 1.50. The number of amides is 1. The van der Waals surface area contributed by atoms with Crippen molar-refractivity contribution < 1.29 is 13.6 Å². The summed E-state index contributed by atoms with van der Waals surface area (Å²) >= 11 is 0. The van der Waals surface area contributed by atoms with E-state index in [1.165, 1.54) is 18.5 Å². The zero-order valence-corrected chi connectivity index (χ0v) is 19.1. The van der Waals surface area contributed by atoms with E-state index in [0.717, 1.165) is 28.5 Å². The molecule has 1 saturated heterocycles. The molecule has 1 atom stereocenters. The number of rotatable bonds is 4. The number of furan rings is 1. The van der Waals surface area contributed by atoms with Crippen LogP contribution in [0.4, 0.5) is 4.39 Å². The van der Waals surface area contributed by atoms with Crippen molar-refractivity contribution in [2.75, 3.05) is 13.1 Å². The van der Waals surface area contributed by atoms with E-state index in [-0.39, 0.29) is 17.8 Å². The lowest BCUT2D eigenvalue weighted by Gasteiger charge is -2.14. The molecule has 4 heterocycles. The maximum Gasteiger partial charge on any atom is 0.230 e. The molecular formula is C27H22FN5O2. The second kappa shape index (κ2) is 8.47. The van der Waals surface area contributed by atoms with E-state index in [2.05, 4.69) is 9.97 Å². The summed E-state index contributed by atoms with van der Waals surface area (Å²) in [6, 6.07) is 18.1. The molecular weight excluding hydrogens is 445 g/mol. The zero-order chi connectivity index (χ0) is 23.9. The number of likely N-dealkylation sites (tertiary alicyclic amines) is 1. The summed E-state index contributed by atoms with van der Waals surface area (Å²) in [5.41, 5.74) is 4.38. The van der Waals surface area contributed by atoms with E-state index in [1.54, 1.807) is 19.1 Å². The predicted octanol–water partition coefficient (Wildman–Crippen LogP) is 5.35. The van der Waals surface area contributed by atoms with E-state index >= 15 is 0 Å². The molecule has 0 radical (unpaired) electrons. The van der Waals surface area contributed by atoms with Gasteiger partial charge in [-0.1, -0.05) is 30.3 Å². The summed E-state index contributed by atoms with van der Waals surface area (Å²) in [5, 5.41) is 5.67. The van der Waals surface area contributed by atoms with Crippen molar-refractivity contribution in [1.29, 1.82) is 0 Å². The van der Waals surface area contributed by atoms with Crippen LogP contribution in [0.1, 0.15) is 19.4 Å². The highest BCUT2D eigenvalue weighted by atomic mass is 19.1. The molecule has 1 aliphatic heterocycles. The largest absolute Gasteiger partial charge is 0.438 e. The molecule has 7 nitrogen and oxygen atoms in total. The number of halogens is 1. The van der Waals surface area contributed by atoms with Gasteiger partial charge in [0.25, 0.3) is 0 Å². The zero-order valence-electron chi connectivity index (χ0n) is 19.1. The highest BCUT2D eigenvalue weighted by Gasteiger charge is 2.28. The molecule has 1 amide bonds. The first-order chi connectivity index (χ1) is 17.1. The summed E-state index contributed by atoms with van der Waals surface area (Å²) in [6.07, 6.45) is 4.26. The molecule has 0 aliphatic carbocycles. The lowest BCUT2D eigenvalue weighted by atomic mass is 10.0. The van der Waals surface area contributed by atoms with Crippen molar-refractivity contribution in [2.45, 2.75) is 19.4 Å². The van der Waals surface area contributed by atoms with Gasteiger partial charge in [-0.3, -0.25) is 9.48 Å². The minimum absolute atomic E-state index is 0.0494. The average Bonchev–Trinajstić information content (AvgIpc) is 3.62. The van der Waals surface area contributed by atoms with Crippen LogP contribution in [0.3, 0.4) is 0 Å². The van der Waals surface area contributed by atoms with E-state index in [9.17, 15) is 9.18 Å². The SMILES string of the molecule is CC(=O)N1CC[C@@H](n2cc(-c3ncnc4oc(-c5ccccc5)cc34)c(-c3ccc(F)cc3)n2)C1. The van der Waals surface area contributed by atoms with Gasteiger partial charge in [-0.05, 0) is 36.8 Å². The molecule has 1 fully saturated rings. The molecule has 0 unspecified atom stereocenters. The molecule has 0 bridgehead atoms. The smallest absolute Gasteiger partial charge is 0.230 e. The molecule has 2 aromatic carbocycles. The van der Waals surface area contributed by atoms with Crippen LogP contribution in [-0.2, 0) is 4.79 Å². The minimum atomic E-state index is -0.311. The second-order valence-corrected chi connectivity index (χ2v) is 8.70. The van der Waals surface area contributed by atoms with E-state index < -0.39 is 0 Å². The van der Waals surface area contributed by atoms with Gasteiger partial charge in [0.2, 0.25) is 11.6 Å². The van der Waals surface area contributed by atoms with Crippen LogP contribution in [0, 0.1) is 5.82 Å². The van der Waals surface area contributed by atoms with Crippen LogP contribution >= 0.6 is 0 Å². The lowest BCUT2D eigenvalue weighted by molar-refractivity contribution is -0.127. The first-order valence-electron chi connectivity index (χ1n) is 11.5. The molecule has 8 heteroatoms. The molecule has 0 saturated carbocycles. The molecule has 0 spiro atoms. The molecule has 174 valence electrons. The summed E-state index contributed by atoms with van der Waals surface area (Å²) in [4.78, 5) is 22.6. The highest BCUT2D eigenvalue weighted by Crippen LogP contribution is 2.38. The second-order valence-electron chi connectivity index (χ2n) is 8.70. The first-order valence-corrected chi connectivity index (χ1v) is 11.5. The fourth-order valence-electron chi connectivity index (χ4n) is 4.63. The summed E-state index contributed by atoms with van der Waals surface area (Å²) in [5.74, 6) is 0.448. The predicted molar refractivity (Wildman–Crippen MR) is 130 cm³/mol. The van der Waals surface area contributed by atoms with Crippen LogP contribution in [0.2, 0.25) is 0 Å². The van der Waals surface area contributed by atoms with E-state index in [0.29, 0.717) is 36.0 Å². The highest BCUT2D eigenvalue weighted by molar-refractivity contribution is 5.95. The third kappa shape index (κ3) is 3.86. The van der Waals surface area contributed by atoms with Crippen molar-refractivity contribution >= 4 is 17.0 Å². The summed E-state index contributed by atoms with van der Waals surface area (Å²) < 4.78 is 21.6. The van der Waals surface area contributed by atoms with Crippen LogP contribution in [0.25, 0.3) is 44.9 Å². The van der Waals surface area contributed by atoms with E-state index in [4.69, 9.17) is 9.52 Å². The normalized spacial score (nSPS) is 15.7. The quantitative estimate of drug-likeness (QED) is 0.356. The molecule has 1 aliphatic rings. The fourth-order valence-corrected chi connectivity index (χ4v) is 4.63. The Morgan fingerprint density at radius 1 is 1.03 bits per heavy atom. The fraction of sp³-hybridized carbons (Fsp3) is 0.185. The average molecular weight is 468 g/mol. The molecule has 6 rings (SSSR count). The number of carbonyl (C=O) groups is 1. The van der Waals surface area contributed by atoms with Gasteiger partial charge in [0.05, 0.1) is 17.1 Å². The molecule has 35 heavy (non-hydrogen) atoms. The van der Waals surface area contributed by atoms with Crippen molar-refractivity contribution in [3.05, 3.63) is 79.0 Å². The van der Waals surface area contributed by atoms with Crippen LogP contribution in [-0.4, -0.2) is 43.6 Å². The van der Waals surface area contributed by atoms with Gasteiger partial charge in [-0.25, -0.2) is 14.4 Å². The monoisotopic (exact) mass is 467 g/mol. The number of carbonyl (C=O) groups excluding carboxylic acids is 1. The van der Waals surface area contributed by atoms with Gasteiger partial charge in [-0.2, -0.15) is 5.10 Å². The number of benzene rings is 2. The Bertz CT molecular complexity index is 1520. The Morgan fingerprint density at radius 2 is 1.83 bits per heavy atom. The minimum Gasteiger partial charge on any atom is -0.438 e. The molecule has 5 aromatic rings. The number of hydrogen-bond acceptors (Lipinski definition) is 5. The lowest BCUT2D eigenvalue weighted by Crippen LogP contribution is -2.26. The van der Waals surface area contributed by atoms with Crippen molar-refractivity contribution in [3.63, 3.8) is 0 Å². The Hall–Kier alpha value is -4.33. The third-order valence-electron chi connectivity index (χ3n) is 6.48. The van der Waals surface area contributed by atoms with E-state index in [1.807, 2.05) is 52.2 Å². The molecule has 3 aromatic heterocycles. The Labute approximate surface area is 200 Å². The number of aromatic nitrogens is 4. The summed E-state index contributed by atoms with van der Waals surface area (Å²) in [7, 11) is 0. The standard InChI is InChI=1S/C27H22FN5O2/c1-17(34)32-12-11-21(14-32)33-15-23(25(31-33)19-7-9-20(28)10-8-19)26-22-13-24(18-5-3-2-4-6-18)35-27(22)30-16-29-26/h2-10,13,15-16,21H,11-12,14H2,1H3/t21-/m1/s1. The van der Waals surface area contributed by atoms with Gasteiger partial charge in [-0.15, -0.1) is 0 Å². The van der Waals surface area contributed by atoms with Crippen LogP contribution in [0.5, 0.6) is 0 Å². The Morgan fingerprint density at radius 3 is 2.57 bits per heavy atom. The van der Waals surface area contributed by atoms with Crippen molar-refractivity contribution in [2.24, 2.45) is 0 Å². The number of hydrogen-bond donors (Lipinski definition) is 0. The van der Waals surface area contributed by atoms with Gasteiger partial charge >= 0.3 is 0 Å². The summed E-state index contributed by atoms with van der Waals surface area (Å²) in [6.45, 7) is 2.88. The topological polar surface area (TPSA) is 77.0 Å². The van der Waals surface area contributed by atoms with Gasteiger partial charge in [0.15, 0.2) is 0 Å². The van der Waals surface area contributed by atoms with Crippen LogP contribution < -0.4 is 0 Å². The van der Waals surface area contributed by atoms with Gasteiger partial charge in [0, 0.05) is 42.9 Å². The first kappa shape index (κ1) is 21.2. The maximum absolute atomic E-state index is 13.7. The third-order valence-corrected chi connectivity index (χ3v) is 6.48. The number of fused-ring (bicyclic) bond motifs is 1. The van der Waals surface area contributed by atoms with Crippen LogP contribution in [0.15, 0.2) is 77.6 Å². The maximum atomic E-state index is 13.7. The number of nitrogens with zero attached hydrogens (tertiary/aromatic N) is 5. The Kier molecular flexibility index (Phi) is 5.13. The van der Waals surface area contributed by atoms with Crippen molar-refractivity contribution in [3.8, 4) is 33.8 Å².